The molecule has 0 bridgehead atoms. The average molecular weight is 349 g/mol. The summed E-state index contributed by atoms with van der Waals surface area (Å²) >= 11 is 0. The van der Waals surface area contributed by atoms with Crippen LogP contribution >= 0.6 is 0 Å². The van der Waals surface area contributed by atoms with Gasteiger partial charge in [-0.15, -0.1) is 0 Å². The first-order valence-electron chi connectivity index (χ1n) is 9.57. The molecule has 1 aromatic heterocycles. The Balaban J connectivity index is 1.60. The second kappa shape index (κ2) is 7.83. The first-order chi connectivity index (χ1) is 12.0. The Morgan fingerprint density at radius 3 is 2.76 bits per heavy atom. The molecule has 1 spiro atoms. The quantitative estimate of drug-likeness (QED) is 0.838. The van der Waals surface area contributed by atoms with Gasteiger partial charge in [-0.2, -0.15) is 4.98 Å². The topological polar surface area (TPSA) is 74.5 Å². The number of piperidine rings is 1. The van der Waals surface area contributed by atoms with Gasteiger partial charge in [-0.1, -0.05) is 19.0 Å². The molecule has 7 nitrogen and oxygen atoms in total. The molecule has 0 aromatic carbocycles. The zero-order chi connectivity index (χ0) is 17.9. The van der Waals surface area contributed by atoms with Crippen LogP contribution in [0, 0.1) is 5.41 Å². The molecular formula is C18H31N5O2. The van der Waals surface area contributed by atoms with Gasteiger partial charge >= 0.3 is 0 Å². The number of rotatable bonds is 6. The zero-order valence-electron chi connectivity index (χ0n) is 15.8. The van der Waals surface area contributed by atoms with E-state index in [0.717, 1.165) is 45.4 Å². The van der Waals surface area contributed by atoms with Crippen molar-refractivity contribution in [3.8, 4) is 0 Å². The Morgan fingerprint density at radius 1 is 1.36 bits per heavy atom. The summed E-state index contributed by atoms with van der Waals surface area (Å²) in [7, 11) is 2.19. The lowest BCUT2D eigenvalue weighted by atomic mass is 9.76. The van der Waals surface area contributed by atoms with E-state index in [4.69, 9.17) is 4.52 Å². The number of aromatic nitrogens is 2. The maximum atomic E-state index is 12.8. The summed E-state index contributed by atoms with van der Waals surface area (Å²) in [6.07, 6.45) is 5.16. The van der Waals surface area contributed by atoms with E-state index in [1.165, 1.54) is 12.8 Å². The minimum absolute atomic E-state index is 0.0306. The maximum Gasteiger partial charge on any atom is 0.246 e. The third-order valence-corrected chi connectivity index (χ3v) is 5.71. The van der Waals surface area contributed by atoms with Crippen LogP contribution in [-0.4, -0.2) is 65.1 Å². The second-order valence-corrected chi connectivity index (χ2v) is 7.67. The average Bonchev–Trinajstić information content (AvgIpc) is 3.21. The van der Waals surface area contributed by atoms with Crippen LogP contribution in [0.3, 0.4) is 0 Å². The molecule has 0 unspecified atom stereocenters. The monoisotopic (exact) mass is 349 g/mol. The fourth-order valence-electron chi connectivity index (χ4n) is 4.17. The van der Waals surface area contributed by atoms with E-state index in [-0.39, 0.29) is 11.9 Å². The summed E-state index contributed by atoms with van der Waals surface area (Å²) in [5, 5.41) is 6.89. The normalized spacial score (nSPS) is 24.0. The van der Waals surface area contributed by atoms with Crippen molar-refractivity contribution in [2.24, 2.45) is 5.41 Å². The van der Waals surface area contributed by atoms with Crippen molar-refractivity contribution in [1.82, 2.24) is 25.3 Å². The summed E-state index contributed by atoms with van der Waals surface area (Å²) in [5.74, 6) is 1.27. The Hall–Kier alpha value is -1.47. The highest BCUT2D eigenvalue weighted by atomic mass is 16.5. The second-order valence-electron chi connectivity index (χ2n) is 7.67. The Morgan fingerprint density at radius 2 is 2.12 bits per heavy atom. The smallest absolute Gasteiger partial charge is 0.246 e. The minimum atomic E-state index is -0.0306. The molecule has 25 heavy (non-hydrogen) atoms. The number of nitrogens with one attached hydrogen (secondary N) is 1. The molecule has 2 fully saturated rings. The van der Waals surface area contributed by atoms with Gasteiger partial charge in [0.15, 0.2) is 5.82 Å². The molecule has 0 aliphatic carbocycles. The van der Waals surface area contributed by atoms with Crippen LogP contribution in [0.4, 0.5) is 0 Å². The molecule has 7 heteroatoms. The minimum Gasteiger partial charge on any atom is -0.346 e. The van der Waals surface area contributed by atoms with E-state index >= 15 is 0 Å². The lowest BCUT2D eigenvalue weighted by molar-refractivity contribution is -0.125. The first kappa shape index (κ1) is 18.3. The van der Waals surface area contributed by atoms with E-state index in [1.807, 2.05) is 6.92 Å². The van der Waals surface area contributed by atoms with Gasteiger partial charge in [-0.25, -0.2) is 0 Å². The van der Waals surface area contributed by atoms with Gasteiger partial charge in [0.2, 0.25) is 11.8 Å². The molecule has 2 saturated heterocycles. The molecule has 0 radical (unpaired) electrons. The summed E-state index contributed by atoms with van der Waals surface area (Å²) < 4.78 is 5.17. The van der Waals surface area contributed by atoms with Crippen LogP contribution in [0.1, 0.15) is 51.2 Å². The number of carbonyl (C=O) groups is 1. The van der Waals surface area contributed by atoms with Crippen molar-refractivity contribution in [3.05, 3.63) is 11.7 Å². The van der Waals surface area contributed by atoms with Gasteiger partial charge in [0.25, 0.3) is 0 Å². The van der Waals surface area contributed by atoms with E-state index in [9.17, 15) is 4.79 Å². The molecule has 3 rings (SSSR count). The van der Waals surface area contributed by atoms with Crippen molar-refractivity contribution >= 4 is 5.91 Å². The van der Waals surface area contributed by atoms with Gasteiger partial charge in [-0.3, -0.25) is 9.69 Å². The van der Waals surface area contributed by atoms with E-state index < -0.39 is 0 Å². The molecule has 1 amide bonds. The van der Waals surface area contributed by atoms with Gasteiger partial charge in [0.1, 0.15) is 0 Å². The predicted molar refractivity (Wildman–Crippen MR) is 95.0 cm³/mol. The van der Waals surface area contributed by atoms with Crippen molar-refractivity contribution in [2.45, 2.75) is 58.5 Å². The highest BCUT2D eigenvalue weighted by molar-refractivity contribution is 5.82. The number of hydrogen-bond donors (Lipinski definition) is 1. The van der Waals surface area contributed by atoms with Crippen LogP contribution in [-0.2, 0) is 17.8 Å². The van der Waals surface area contributed by atoms with E-state index in [2.05, 4.69) is 39.2 Å². The molecule has 0 saturated carbocycles. The fraction of sp³-hybridized carbons (Fsp3) is 0.833. The third-order valence-electron chi connectivity index (χ3n) is 5.71. The van der Waals surface area contributed by atoms with Crippen LogP contribution < -0.4 is 5.32 Å². The van der Waals surface area contributed by atoms with Gasteiger partial charge in [-0.05, 0) is 57.8 Å². The fourth-order valence-corrected chi connectivity index (χ4v) is 4.17. The molecule has 2 aliphatic rings. The van der Waals surface area contributed by atoms with Crippen molar-refractivity contribution in [1.29, 1.82) is 0 Å². The molecule has 1 aromatic rings. The van der Waals surface area contributed by atoms with Crippen LogP contribution in [0.25, 0.3) is 0 Å². The first-order valence-corrected chi connectivity index (χ1v) is 9.57. The molecule has 1 N–H and O–H groups in total. The standard InChI is InChI=1S/C18H31N5O2/c1-4-8-23-13-18(6-9-22(3)10-7-18)11-14(23)17(24)19-12-16-20-15(5-2)21-25-16/h14H,4-13H2,1-3H3,(H,19,24)/t14-/m0/s1. The lowest BCUT2D eigenvalue weighted by Gasteiger charge is -2.37. The molecule has 3 heterocycles. The van der Waals surface area contributed by atoms with Crippen LogP contribution in [0.15, 0.2) is 4.52 Å². The highest BCUT2D eigenvalue weighted by Gasteiger charge is 2.47. The van der Waals surface area contributed by atoms with Crippen molar-refractivity contribution in [3.63, 3.8) is 0 Å². The third kappa shape index (κ3) is 4.20. The number of hydrogen-bond acceptors (Lipinski definition) is 6. The van der Waals surface area contributed by atoms with Crippen molar-refractivity contribution < 1.29 is 9.32 Å². The summed E-state index contributed by atoms with van der Waals surface area (Å²) in [4.78, 5) is 21.9. The van der Waals surface area contributed by atoms with Gasteiger partial charge in [0.05, 0.1) is 12.6 Å². The van der Waals surface area contributed by atoms with E-state index in [1.54, 1.807) is 0 Å². The number of nitrogens with zero attached hydrogens (tertiary/aromatic N) is 4. The SMILES string of the molecule is CCCN1CC2(CCN(C)CC2)C[C@H]1C(=O)NCc1nc(CC)no1. The Bertz CT molecular complexity index is 580. The summed E-state index contributed by atoms with van der Waals surface area (Å²) in [5.41, 5.74) is 0.309. The lowest BCUT2D eigenvalue weighted by Crippen LogP contribution is -2.43. The molecule has 1 atom stereocenters. The number of aryl methyl sites for hydroxylation is 1. The van der Waals surface area contributed by atoms with Crippen molar-refractivity contribution in [2.75, 3.05) is 33.2 Å². The Kier molecular flexibility index (Phi) is 5.74. The number of likely N-dealkylation sites (tertiary alicyclic amines) is 2. The van der Waals surface area contributed by atoms with E-state index in [0.29, 0.717) is 23.7 Å². The Labute approximate surface area is 150 Å². The zero-order valence-corrected chi connectivity index (χ0v) is 15.8. The highest BCUT2D eigenvalue weighted by Crippen LogP contribution is 2.43. The predicted octanol–water partition coefficient (Wildman–Crippen LogP) is 1.44. The summed E-state index contributed by atoms with van der Waals surface area (Å²) in [6.45, 7) is 8.78. The molecule has 140 valence electrons. The van der Waals surface area contributed by atoms with Gasteiger partial charge < -0.3 is 14.7 Å². The van der Waals surface area contributed by atoms with Crippen LogP contribution in [0.2, 0.25) is 0 Å². The van der Waals surface area contributed by atoms with Crippen LogP contribution in [0.5, 0.6) is 0 Å². The van der Waals surface area contributed by atoms with Gasteiger partial charge in [0, 0.05) is 13.0 Å². The maximum absolute atomic E-state index is 12.8. The summed E-state index contributed by atoms with van der Waals surface area (Å²) in [6, 6.07) is -0.0306. The number of amides is 1. The molecule has 2 aliphatic heterocycles. The number of carbonyl (C=O) groups excluding carboxylic acids is 1. The molecular weight excluding hydrogens is 318 g/mol. The largest absolute Gasteiger partial charge is 0.346 e.